The van der Waals surface area contributed by atoms with Gasteiger partial charge in [-0.1, -0.05) is 0 Å². The normalized spacial score (nSPS) is 15.9. The second-order valence-corrected chi connectivity index (χ2v) is 6.44. The number of carbonyl (C=O) groups is 2. The number of aliphatic carboxylic acids is 1. The number of carbonyl (C=O) groups excluding carboxylic acids is 1. The van der Waals surface area contributed by atoms with E-state index in [1.54, 1.807) is 16.7 Å². The van der Waals surface area contributed by atoms with Gasteiger partial charge < -0.3 is 14.7 Å². The molecule has 6 heteroatoms. The Balaban J connectivity index is 2.49. The average molecular weight is 275 g/mol. The van der Waals surface area contributed by atoms with Crippen LogP contribution in [0.1, 0.15) is 33.6 Å². The van der Waals surface area contributed by atoms with Crippen molar-refractivity contribution in [3.63, 3.8) is 0 Å². The molecule has 1 amide bonds. The first-order valence-electron chi connectivity index (χ1n) is 6.09. The minimum absolute atomic E-state index is 0.0825. The number of rotatable bonds is 5. The van der Waals surface area contributed by atoms with Crippen LogP contribution >= 0.6 is 11.8 Å². The van der Waals surface area contributed by atoms with Gasteiger partial charge in [0.25, 0.3) is 0 Å². The van der Waals surface area contributed by atoms with Crippen LogP contribution in [0.15, 0.2) is 0 Å². The van der Waals surface area contributed by atoms with E-state index in [2.05, 4.69) is 0 Å². The lowest BCUT2D eigenvalue weighted by Gasteiger charge is -2.37. The second-order valence-electron chi connectivity index (χ2n) is 5.36. The molecule has 0 aromatic heterocycles. The van der Waals surface area contributed by atoms with Crippen LogP contribution in [0.5, 0.6) is 0 Å². The lowest BCUT2D eigenvalue weighted by Crippen LogP contribution is -2.50. The maximum Gasteiger partial charge on any atom is 0.410 e. The van der Waals surface area contributed by atoms with Crippen LogP contribution in [0.3, 0.4) is 0 Å². The van der Waals surface area contributed by atoms with Crippen molar-refractivity contribution in [2.24, 2.45) is 0 Å². The molecule has 1 fully saturated rings. The third-order valence-electron chi connectivity index (χ3n) is 2.48. The lowest BCUT2D eigenvalue weighted by molar-refractivity contribution is -0.137. The molecule has 0 aliphatic carbocycles. The monoisotopic (exact) mass is 275 g/mol. The van der Waals surface area contributed by atoms with Crippen LogP contribution < -0.4 is 0 Å². The summed E-state index contributed by atoms with van der Waals surface area (Å²) in [5, 5.41) is 8.62. The van der Waals surface area contributed by atoms with Gasteiger partial charge in [-0.05, 0) is 27.2 Å². The van der Waals surface area contributed by atoms with Crippen molar-refractivity contribution in [3.05, 3.63) is 0 Å². The molecule has 0 unspecified atom stereocenters. The molecule has 1 N–H and O–H groups in total. The summed E-state index contributed by atoms with van der Waals surface area (Å²) in [7, 11) is 0. The van der Waals surface area contributed by atoms with Crippen LogP contribution in [0.2, 0.25) is 0 Å². The molecule has 18 heavy (non-hydrogen) atoms. The van der Waals surface area contributed by atoms with E-state index in [1.807, 2.05) is 20.8 Å². The number of ether oxygens (including phenoxy) is 1. The second kappa shape index (κ2) is 6.31. The molecule has 0 radical (unpaired) electrons. The van der Waals surface area contributed by atoms with Crippen molar-refractivity contribution < 1.29 is 19.4 Å². The van der Waals surface area contributed by atoms with E-state index in [-0.39, 0.29) is 18.6 Å². The fraction of sp³-hybridized carbons (Fsp3) is 0.833. The summed E-state index contributed by atoms with van der Waals surface area (Å²) in [4.78, 5) is 24.2. The highest BCUT2D eigenvalue weighted by Gasteiger charge is 2.32. The van der Waals surface area contributed by atoms with Crippen LogP contribution in [-0.4, -0.2) is 51.8 Å². The van der Waals surface area contributed by atoms with E-state index in [4.69, 9.17) is 9.84 Å². The summed E-state index contributed by atoms with van der Waals surface area (Å²) in [6, 6.07) is 0.193. The van der Waals surface area contributed by atoms with E-state index >= 15 is 0 Å². The van der Waals surface area contributed by atoms with Crippen molar-refractivity contribution in [3.8, 4) is 0 Å². The topological polar surface area (TPSA) is 66.8 Å². The van der Waals surface area contributed by atoms with Gasteiger partial charge in [0.05, 0.1) is 6.04 Å². The smallest absolute Gasteiger partial charge is 0.410 e. The first-order chi connectivity index (χ1) is 8.29. The molecule has 1 rings (SSSR count). The molecule has 0 bridgehead atoms. The van der Waals surface area contributed by atoms with Crippen molar-refractivity contribution in [1.29, 1.82) is 0 Å². The number of hydrogen-bond acceptors (Lipinski definition) is 4. The number of carboxylic acid groups (broad SMARTS) is 1. The zero-order valence-electron chi connectivity index (χ0n) is 11.1. The average Bonchev–Trinajstić information content (AvgIpc) is 2.09. The zero-order chi connectivity index (χ0) is 13.8. The largest absolute Gasteiger partial charge is 0.481 e. The minimum Gasteiger partial charge on any atom is -0.481 e. The first-order valence-corrected chi connectivity index (χ1v) is 7.24. The van der Waals surface area contributed by atoms with E-state index in [0.29, 0.717) is 13.0 Å². The number of thioether (sulfide) groups is 1. The van der Waals surface area contributed by atoms with Crippen molar-refractivity contribution in [2.75, 3.05) is 18.1 Å². The molecule has 104 valence electrons. The molecular weight excluding hydrogens is 254 g/mol. The number of carboxylic acids is 1. The first kappa shape index (κ1) is 15.1. The highest BCUT2D eigenvalue weighted by Crippen LogP contribution is 2.25. The maximum absolute atomic E-state index is 12.0. The predicted molar refractivity (Wildman–Crippen MR) is 70.9 cm³/mol. The summed E-state index contributed by atoms with van der Waals surface area (Å²) in [5.41, 5.74) is -0.515. The Hall–Kier alpha value is -0.910. The predicted octanol–water partition coefficient (Wildman–Crippen LogP) is 2.20. The number of amides is 1. The fourth-order valence-electron chi connectivity index (χ4n) is 1.55. The summed E-state index contributed by atoms with van der Waals surface area (Å²) in [5.74, 6) is 0.987. The minimum atomic E-state index is -0.831. The third kappa shape index (κ3) is 5.16. The summed E-state index contributed by atoms with van der Waals surface area (Å²) in [6.07, 6.45) is 0.215. The lowest BCUT2D eigenvalue weighted by atomic mass is 10.2. The maximum atomic E-state index is 12.0. The van der Waals surface area contributed by atoms with Gasteiger partial charge in [0.1, 0.15) is 5.60 Å². The van der Waals surface area contributed by atoms with Crippen LogP contribution in [0.25, 0.3) is 0 Å². The van der Waals surface area contributed by atoms with Gasteiger partial charge in [-0.3, -0.25) is 4.79 Å². The quantitative estimate of drug-likeness (QED) is 0.833. The van der Waals surface area contributed by atoms with E-state index in [1.165, 1.54) is 0 Å². The zero-order valence-corrected chi connectivity index (χ0v) is 12.0. The van der Waals surface area contributed by atoms with Gasteiger partial charge in [0, 0.05) is 24.5 Å². The Morgan fingerprint density at radius 2 is 2.00 bits per heavy atom. The molecule has 1 heterocycles. The molecular formula is C12H21NO4S. The molecule has 1 aliphatic rings. The summed E-state index contributed by atoms with van der Waals surface area (Å²) in [6.45, 7) is 5.94. The SMILES string of the molecule is CC(C)(C)OC(=O)N(CCCC(=O)O)C1CSC1. The van der Waals surface area contributed by atoms with Gasteiger partial charge in [-0.25, -0.2) is 4.79 Å². The molecule has 0 spiro atoms. The van der Waals surface area contributed by atoms with Gasteiger partial charge >= 0.3 is 12.1 Å². The highest BCUT2D eigenvalue weighted by atomic mass is 32.2. The Morgan fingerprint density at radius 1 is 1.39 bits per heavy atom. The number of hydrogen-bond donors (Lipinski definition) is 1. The van der Waals surface area contributed by atoms with E-state index in [0.717, 1.165) is 11.5 Å². The van der Waals surface area contributed by atoms with Crippen molar-refractivity contribution in [2.45, 2.75) is 45.3 Å². The van der Waals surface area contributed by atoms with Gasteiger partial charge in [0.2, 0.25) is 0 Å². The van der Waals surface area contributed by atoms with Gasteiger partial charge in [-0.2, -0.15) is 11.8 Å². The summed E-state index contributed by atoms with van der Waals surface area (Å²) < 4.78 is 5.34. The molecule has 0 aromatic carbocycles. The van der Waals surface area contributed by atoms with Gasteiger partial charge in [-0.15, -0.1) is 0 Å². The molecule has 1 aliphatic heterocycles. The van der Waals surface area contributed by atoms with Crippen LogP contribution in [-0.2, 0) is 9.53 Å². The van der Waals surface area contributed by atoms with E-state index in [9.17, 15) is 9.59 Å². The van der Waals surface area contributed by atoms with Gasteiger partial charge in [0.15, 0.2) is 0 Å². The highest BCUT2D eigenvalue weighted by molar-refractivity contribution is 8.00. The van der Waals surface area contributed by atoms with Crippen LogP contribution in [0, 0.1) is 0 Å². The van der Waals surface area contributed by atoms with E-state index < -0.39 is 11.6 Å². The Bertz CT molecular complexity index is 310. The molecule has 0 saturated carbocycles. The standard InChI is InChI=1S/C12H21NO4S/c1-12(2,3)17-11(16)13(9-7-18-8-9)6-4-5-10(14)15/h9H,4-8H2,1-3H3,(H,14,15). The molecule has 0 atom stereocenters. The summed E-state index contributed by atoms with van der Waals surface area (Å²) >= 11 is 1.78. The fourth-order valence-corrected chi connectivity index (χ4v) is 2.35. The molecule has 0 aromatic rings. The third-order valence-corrected chi connectivity index (χ3v) is 3.72. The Kier molecular flexibility index (Phi) is 5.31. The molecule has 1 saturated heterocycles. The number of nitrogens with zero attached hydrogens (tertiary/aromatic N) is 1. The van der Waals surface area contributed by atoms with Crippen molar-refractivity contribution in [1.82, 2.24) is 4.90 Å². The Labute approximate surface area is 112 Å². The van der Waals surface area contributed by atoms with Crippen molar-refractivity contribution >= 4 is 23.8 Å². The van der Waals surface area contributed by atoms with Crippen LogP contribution in [0.4, 0.5) is 4.79 Å². The Morgan fingerprint density at radius 3 is 2.39 bits per heavy atom. The molecule has 5 nitrogen and oxygen atoms in total.